The van der Waals surface area contributed by atoms with Crippen molar-refractivity contribution in [3.63, 3.8) is 0 Å². The van der Waals surface area contributed by atoms with Gasteiger partial charge in [0.25, 0.3) is 0 Å². The van der Waals surface area contributed by atoms with Crippen molar-refractivity contribution >= 4 is 40.6 Å². The second-order valence-corrected chi connectivity index (χ2v) is 7.71. The summed E-state index contributed by atoms with van der Waals surface area (Å²) in [6.07, 6.45) is 15.2. The molecule has 2 aliphatic heterocycles. The normalized spacial score (nSPS) is 15.3. The summed E-state index contributed by atoms with van der Waals surface area (Å²) >= 11 is 6.28. The predicted octanol–water partition coefficient (Wildman–Crippen LogP) is 4.24. The van der Waals surface area contributed by atoms with Crippen molar-refractivity contribution < 1.29 is 4.79 Å². The highest BCUT2D eigenvalue weighted by Crippen LogP contribution is 2.27. The van der Waals surface area contributed by atoms with Crippen LogP contribution in [-0.4, -0.2) is 45.5 Å². The number of anilines is 4. The van der Waals surface area contributed by atoms with E-state index < -0.39 is 0 Å². The maximum absolute atomic E-state index is 11.9. The van der Waals surface area contributed by atoms with Crippen molar-refractivity contribution in [2.45, 2.75) is 19.3 Å². The zero-order valence-electron chi connectivity index (χ0n) is 17.6. The summed E-state index contributed by atoms with van der Waals surface area (Å²) in [6, 6.07) is 7.60. The first-order chi connectivity index (χ1) is 15.7. The number of pyridine rings is 2. The zero-order chi connectivity index (χ0) is 22.2. The molecule has 0 saturated carbocycles. The minimum Gasteiger partial charge on any atom is -0.351 e. The topological polar surface area (TPSA) is 87.1 Å². The number of halogens is 1. The molecule has 2 aliphatic rings. The third kappa shape index (κ3) is 5.59. The fraction of sp³-hybridized carbons (Fsp3) is 0.261. The van der Waals surface area contributed by atoms with Gasteiger partial charge in [-0.3, -0.25) is 14.8 Å². The Morgan fingerprint density at radius 2 is 1.88 bits per heavy atom. The Morgan fingerprint density at radius 3 is 2.53 bits per heavy atom. The Kier molecular flexibility index (Phi) is 7.24. The van der Waals surface area contributed by atoms with Gasteiger partial charge in [0, 0.05) is 38.4 Å². The average Bonchev–Trinajstić information content (AvgIpc) is 3.28. The van der Waals surface area contributed by atoms with Gasteiger partial charge >= 0.3 is 0 Å². The van der Waals surface area contributed by atoms with E-state index in [4.69, 9.17) is 11.6 Å². The molecule has 5 rings (SSSR count). The third-order valence-electron chi connectivity index (χ3n) is 5.01. The molecule has 0 aromatic carbocycles. The standard InChI is InChI=1S/C18H19ClN6O.C5H5N/c19-15-12-21-18(23-17(15)24-6-2-1-3-7-24)22-13-9-14(11-20-10-13)25-8-4-5-16(25)26;1-2-4-6-5-3-1/h1-2,9-12H,3-8H2,(H,21,22,23);1-5H. The van der Waals surface area contributed by atoms with E-state index in [0.717, 1.165) is 43.9 Å². The van der Waals surface area contributed by atoms with Crippen molar-refractivity contribution in [1.29, 1.82) is 0 Å². The zero-order valence-corrected chi connectivity index (χ0v) is 18.3. The average molecular weight is 450 g/mol. The molecule has 3 aromatic heterocycles. The second-order valence-electron chi connectivity index (χ2n) is 7.30. The molecule has 1 N–H and O–H groups in total. The van der Waals surface area contributed by atoms with Crippen molar-refractivity contribution in [3.8, 4) is 0 Å². The summed E-state index contributed by atoms with van der Waals surface area (Å²) < 4.78 is 0. The van der Waals surface area contributed by atoms with Crippen LogP contribution in [0, 0.1) is 0 Å². The number of hydrogen-bond donors (Lipinski definition) is 1. The molecule has 8 nitrogen and oxygen atoms in total. The van der Waals surface area contributed by atoms with Crippen LogP contribution in [0.5, 0.6) is 0 Å². The number of amides is 1. The largest absolute Gasteiger partial charge is 0.351 e. The molecule has 0 aliphatic carbocycles. The van der Waals surface area contributed by atoms with Crippen LogP contribution in [0.15, 0.2) is 67.4 Å². The highest BCUT2D eigenvalue weighted by atomic mass is 35.5. The first kappa shape index (κ1) is 21.7. The van der Waals surface area contributed by atoms with Gasteiger partial charge in [0.2, 0.25) is 11.9 Å². The van der Waals surface area contributed by atoms with Gasteiger partial charge in [0.05, 0.1) is 30.0 Å². The van der Waals surface area contributed by atoms with Crippen LogP contribution in [0.3, 0.4) is 0 Å². The molecule has 1 saturated heterocycles. The van der Waals surface area contributed by atoms with Gasteiger partial charge in [0.15, 0.2) is 5.82 Å². The van der Waals surface area contributed by atoms with Crippen molar-refractivity contribution in [3.05, 3.63) is 72.4 Å². The summed E-state index contributed by atoms with van der Waals surface area (Å²) in [5, 5.41) is 3.69. The van der Waals surface area contributed by atoms with Crippen LogP contribution in [0.1, 0.15) is 19.3 Å². The smallest absolute Gasteiger partial charge is 0.229 e. The minimum absolute atomic E-state index is 0.132. The highest BCUT2D eigenvalue weighted by Gasteiger charge is 2.22. The summed E-state index contributed by atoms with van der Waals surface area (Å²) in [6.45, 7) is 2.39. The van der Waals surface area contributed by atoms with E-state index >= 15 is 0 Å². The first-order valence-corrected chi connectivity index (χ1v) is 10.9. The number of nitrogens with one attached hydrogen (secondary N) is 1. The number of aromatic nitrogens is 4. The Morgan fingerprint density at radius 1 is 1.00 bits per heavy atom. The van der Waals surface area contributed by atoms with E-state index in [1.54, 1.807) is 35.9 Å². The minimum atomic E-state index is 0.132. The Bertz CT molecular complexity index is 1050. The van der Waals surface area contributed by atoms with Crippen molar-refractivity contribution in [1.82, 2.24) is 19.9 Å². The van der Waals surface area contributed by atoms with Crippen LogP contribution < -0.4 is 15.1 Å². The van der Waals surface area contributed by atoms with Crippen LogP contribution in [-0.2, 0) is 4.79 Å². The van der Waals surface area contributed by atoms with Gasteiger partial charge in [0.1, 0.15) is 5.02 Å². The van der Waals surface area contributed by atoms with Crippen molar-refractivity contribution in [2.24, 2.45) is 0 Å². The highest BCUT2D eigenvalue weighted by molar-refractivity contribution is 6.32. The first-order valence-electron chi connectivity index (χ1n) is 10.5. The molecule has 0 spiro atoms. The molecular weight excluding hydrogens is 426 g/mol. The lowest BCUT2D eigenvalue weighted by atomic mass is 10.2. The summed E-state index contributed by atoms with van der Waals surface area (Å²) in [5.74, 6) is 1.30. The molecule has 1 fully saturated rings. The van der Waals surface area contributed by atoms with Crippen LogP contribution >= 0.6 is 11.6 Å². The monoisotopic (exact) mass is 449 g/mol. The predicted molar refractivity (Wildman–Crippen MR) is 126 cm³/mol. The van der Waals surface area contributed by atoms with E-state index in [1.807, 2.05) is 24.3 Å². The Hall–Kier alpha value is -3.52. The number of carbonyl (C=O) groups is 1. The van der Waals surface area contributed by atoms with E-state index in [9.17, 15) is 4.79 Å². The van der Waals surface area contributed by atoms with Crippen molar-refractivity contribution in [2.75, 3.05) is 34.8 Å². The SMILES string of the molecule is O=C1CCCN1c1cncc(Nc2ncc(Cl)c(N3CC=CCC3)n2)c1.c1ccncc1. The number of nitrogens with zero attached hydrogens (tertiary/aromatic N) is 6. The second kappa shape index (κ2) is 10.7. The molecule has 0 radical (unpaired) electrons. The molecule has 0 bridgehead atoms. The van der Waals surface area contributed by atoms with Gasteiger partial charge in [-0.25, -0.2) is 4.98 Å². The molecule has 0 unspecified atom stereocenters. The Balaban J connectivity index is 0.000000354. The van der Waals surface area contributed by atoms with Gasteiger partial charge in [-0.15, -0.1) is 0 Å². The Labute approximate surface area is 192 Å². The van der Waals surface area contributed by atoms with Gasteiger partial charge in [-0.1, -0.05) is 29.8 Å². The maximum atomic E-state index is 11.9. The van der Waals surface area contributed by atoms with Gasteiger partial charge in [-0.05, 0) is 31.0 Å². The van der Waals surface area contributed by atoms with E-state index in [1.165, 1.54) is 0 Å². The molecule has 1 amide bonds. The van der Waals surface area contributed by atoms with E-state index in [2.05, 4.69) is 42.3 Å². The molecule has 9 heteroatoms. The fourth-order valence-electron chi connectivity index (χ4n) is 3.48. The lowest BCUT2D eigenvalue weighted by Crippen LogP contribution is -2.28. The fourth-order valence-corrected chi connectivity index (χ4v) is 3.69. The van der Waals surface area contributed by atoms with E-state index in [-0.39, 0.29) is 5.91 Å². The summed E-state index contributed by atoms with van der Waals surface area (Å²) in [5.41, 5.74) is 1.52. The molecule has 32 heavy (non-hydrogen) atoms. The molecular formula is C23H24ClN7O. The molecule has 5 heterocycles. The third-order valence-corrected chi connectivity index (χ3v) is 5.28. The number of rotatable bonds is 4. The maximum Gasteiger partial charge on any atom is 0.229 e. The molecule has 3 aromatic rings. The van der Waals surface area contributed by atoms with Gasteiger partial charge in [-0.2, -0.15) is 4.98 Å². The van der Waals surface area contributed by atoms with E-state index in [0.29, 0.717) is 23.2 Å². The summed E-state index contributed by atoms with van der Waals surface area (Å²) in [4.78, 5) is 32.6. The van der Waals surface area contributed by atoms with Crippen LogP contribution in [0.4, 0.5) is 23.1 Å². The summed E-state index contributed by atoms with van der Waals surface area (Å²) in [7, 11) is 0. The quantitative estimate of drug-likeness (QED) is 0.596. The lowest BCUT2D eigenvalue weighted by molar-refractivity contribution is -0.117. The molecule has 164 valence electrons. The number of carbonyl (C=O) groups excluding carboxylic acids is 1. The lowest BCUT2D eigenvalue weighted by Gasteiger charge is -2.25. The van der Waals surface area contributed by atoms with Crippen LogP contribution in [0.2, 0.25) is 5.02 Å². The molecule has 0 atom stereocenters. The number of hydrogen-bond acceptors (Lipinski definition) is 7. The van der Waals surface area contributed by atoms with Crippen LogP contribution in [0.25, 0.3) is 0 Å². The van der Waals surface area contributed by atoms with Gasteiger partial charge < -0.3 is 15.1 Å².